The van der Waals surface area contributed by atoms with Gasteiger partial charge in [-0.05, 0) is 19.4 Å². The predicted molar refractivity (Wildman–Crippen MR) is 96.2 cm³/mol. The molecule has 3 N–H and O–H groups in total. The Morgan fingerprint density at radius 3 is 2.52 bits per heavy atom. The van der Waals surface area contributed by atoms with Crippen LogP contribution in [-0.4, -0.2) is 36.1 Å². The lowest BCUT2D eigenvalue weighted by atomic mass is 10.4. The first-order valence-electron chi connectivity index (χ1n) is 7.78. The number of nitrogens with one attached hydrogen (secondary N) is 3. The average molecular weight is 362 g/mol. The van der Waals surface area contributed by atoms with Crippen molar-refractivity contribution < 1.29 is 4.79 Å². The van der Waals surface area contributed by atoms with Crippen molar-refractivity contribution in [3.8, 4) is 0 Å². The number of halogens is 2. The summed E-state index contributed by atoms with van der Waals surface area (Å²) < 4.78 is 1.80. The van der Waals surface area contributed by atoms with E-state index in [-0.39, 0.29) is 5.91 Å². The smallest absolute Gasteiger partial charge is 0.221 e. The van der Waals surface area contributed by atoms with Gasteiger partial charge in [-0.25, -0.2) is 4.99 Å². The maximum Gasteiger partial charge on any atom is 0.221 e. The van der Waals surface area contributed by atoms with E-state index >= 15 is 0 Å². The first-order chi connectivity index (χ1) is 11.0. The topological polar surface area (TPSA) is 70.5 Å². The van der Waals surface area contributed by atoms with E-state index in [1.165, 1.54) is 0 Å². The summed E-state index contributed by atoms with van der Waals surface area (Å²) in [6.45, 7) is 6.43. The van der Waals surface area contributed by atoms with Crippen LogP contribution < -0.4 is 16.0 Å². The minimum Gasteiger partial charge on any atom is -0.357 e. The number of hydrogen-bond donors (Lipinski definition) is 3. The van der Waals surface area contributed by atoms with Crippen LogP contribution in [0.2, 0.25) is 10.2 Å². The molecule has 1 aromatic rings. The highest BCUT2D eigenvalue weighted by Crippen LogP contribution is 2.25. The van der Waals surface area contributed by atoms with Crippen molar-refractivity contribution in [1.82, 2.24) is 20.5 Å². The molecule has 0 aliphatic carbocycles. The Hall–Kier alpha value is -1.40. The van der Waals surface area contributed by atoms with Crippen LogP contribution in [0.25, 0.3) is 0 Å². The molecule has 0 aromatic carbocycles. The lowest BCUT2D eigenvalue weighted by molar-refractivity contribution is -0.120. The predicted octanol–water partition coefficient (Wildman–Crippen LogP) is 2.30. The van der Waals surface area contributed by atoms with Gasteiger partial charge in [0.25, 0.3) is 0 Å². The third-order valence-corrected chi connectivity index (χ3v) is 4.02. The van der Waals surface area contributed by atoms with E-state index in [1.807, 2.05) is 20.9 Å². The van der Waals surface area contributed by atoms with Gasteiger partial charge in [0.2, 0.25) is 5.91 Å². The minimum atomic E-state index is 0.0381. The van der Waals surface area contributed by atoms with Crippen molar-refractivity contribution >= 4 is 35.1 Å². The molecule has 0 bridgehead atoms. The second-order valence-corrected chi connectivity index (χ2v) is 5.82. The monoisotopic (exact) mass is 361 g/mol. The van der Waals surface area contributed by atoms with E-state index in [9.17, 15) is 4.79 Å². The number of hydrogen-bond acceptors (Lipinski definition) is 2. The molecule has 0 atom stereocenters. The summed E-state index contributed by atoms with van der Waals surface area (Å²) >= 11 is 12.0. The molecular formula is C15H25Cl2N5O. The fraction of sp³-hybridized carbons (Fsp3) is 0.600. The zero-order valence-corrected chi connectivity index (χ0v) is 15.4. The van der Waals surface area contributed by atoms with Gasteiger partial charge in [0.1, 0.15) is 5.15 Å². The molecule has 23 heavy (non-hydrogen) atoms. The van der Waals surface area contributed by atoms with E-state index in [4.69, 9.17) is 23.2 Å². The van der Waals surface area contributed by atoms with Crippen LogP contribution in [0.1, 0.15) is 32.4 Å². The molecule has 1 heterocycles. The number of aliphatic imine (C=N–C) groups is 1. The first-order valence-corrected chi connectivity index (χ1v) is 8.53. The second-order valence-electron chi connectivity index (χ2n) is 5.06. The molecule has 1 amide bonds. The third kappa shape index (κ3) is 6.71. The van der Waals surface area contributed by atoms with Gasteiger partial charge >= 0.3 is 0 Å². The number of guanidine groups is 1. The van der Waals surface area contributed by atoms with Crippen LogP contribution in [0, 0.1) is 0 Å². The van der Waals surface area contributed by atoms with Crippen LogP contribution in [0.15, 0.2) is 11.1 Å². The quantitative estimate of drug-likeness (QED) is 0.491. The molecule has 1 rings (SSSR count). The number of carbonyl (C=O) groups excluding carboxylic acids is 1. The maximum absolute atomic E-state index is 11.6. The van der Waals surface area contributed by atoms with Crippen LogP contribution >= 0.6 is 23.2 Å². The van der Waals surface area contributed by atoms with Crippen molar-refractivity contribution in [2.24, 2.45) is 12.0 Å². The molecule has 8 heteroatoms. The Balaban J connectivity index is 2.53. The molecule has 130 valence electrons. The molecule has 0 unspecified atom stereocenters. The largest absolute Gasteiger partial charge is 0.357 e. The van der Waals surface area contributed by atoms with Crippen LogP contribution in [-0.2, 0) is 18.4 Å². The van der Waals surface area contributed by atoms with Gasteiger partial charge in [-0.1, -0.05) is 30.1 Å². The summed E-state index contributed by atoms with van der Waals surface area (Å²) in [5, 5.41) is 10.1. The fourth-order valence-electron chi connectivity index (χ4n) is 1.89. The second kappa shape index (κ2) is 10.4. The number of amides is 1. The third-order valence-electron chi connectivity index (χ3n) is 3.18. The Morgan fingerprint density at radius 1 is 1.22 bits per heavy atom. The molecule has 1 aromatic heterocycles. The van der Waals surface area contributed by atoms with E-state index in [0.717, 1.165) is 18.7 Å². The lowest BCUT2D eigenvalue weighted by Gasteiger charge is -2.11. The average Bonchev–Trinajstić information content (AvgIpc) is 2.77. The number of carbonyl (C=O) groups is 1. The van der Waals surface area contributed by atoms with Gasteiger partial charge in [0, 0.05) is 38.8 Å². The minimum absolute atomic E-state index is 0.0381. The number of rotatable bonds is 8. The summed E-state index contributed by atoms with van der Waals surface area (Å²) in [6, 6.07) is 1.80. The van der Waals surface area contributed by atoms with Crippen LogP contribution in [0.5, 0.6) is 0 Å². The van der Waals surface area contributed by atoms with Gasteiger partial charge in [-0.3, -0.25) is 4.79 Å². The van der Waals surface area contributed by atoms with Crippen molar-refractivity contribution in [2.45, 2.75) is 33.2 Å². The standard InChI is InChI=1S/C15H25Cl2N5O/c1-4-7-19-13(23)6-8-20-15(18-5-2)21-10-11-9-12(16)14(17)22(11)3/h9H,4-8,10H2,1-3H3,(H,19,23)(H2,18,20,21). The number of aromatic nitrogens is 1. The summed E-state index contributed by atoms with van der Waals surface area (Å²) in [7, 11) is 1.84. The van der Waals surface area contributed by atoms with Gasteiger partial charge in [0.05, 0.1) is 11.6 Å². The summed E-state index contributed by atoms with van der Waals surface area (Å²) in [4.78, 5) is 16.0. The van der Waals surface area contributed by atoms with Crippen LogP contribution in [0.3, 0.4) is 0 Å². The van der Waals surface area contributed by atoms with E-state index in [2.05, 4.69) is 20.9 Å². The van der Waals surface area contributed by atoms with Crippen molar-refractivity contribution in [3.05, 3.63) is 21.9 Å². The van der Waals surface area contributed by atoms with Crippen LogP contribution in [0.4, 0.5) is 0 Å². The number of nitrogens with zero attached hydrogens (tertiary/aromatic N) is 2. The van der Waals surface area contributed by atoms with Gasteiger partial charge in [0.15, 0.2) is 5.96 Å². The molecule has 0 spiro atoms. The van der Waals surface area contributed by atoms with E-state index in [0.29, 0.717) is 42.2 Å². The van der Waals surface area contributed by atoms with E-state index < -0.39 is 0 Å². The summed E-state index contributed by atoms with van der Waals surface area (Å²) in [5.74, 6) is 0.695. The summed E-state index contributed by atoms with van der Waals surface area (Å²) in [5.41, 5.74) is 0.915. The lowest BCUT2D eigenvalue weighted by Crippen LogP contribution is -2.39. The molecule has 0 aliphatic heterocycles. The van der Waals surface area contributed by atoms with Gasteiger partial charge in [-0.15, -0.1) is 0 Å². The normalized spacial score (nSPS) is 11.4. The molecule has 0 saturated carbocycles. The van der Waals surface area contributed by atoms with Crippen molar-refractivity contribution in [2.75, 3.05) is 19.6 Å². The highest BCUT2D eigenvalue weighted by Gasteiger charge is 2.08. The fourth-order valence-corrected chi connectivity index (χ4v) is 2.31. The maximum atomic E-state index is 11.6. The zero-order chi connectivity index (χ0) is 17.2. The molecule has 6 nitrogen and oxygen atoms in total. The molecule has 0 radical (unpaired) electrons. The first kappa shape index (κ1) is 19.6. The zero-order valence-electron chi connectivity index (χ0n) is 13.9. The Morgan fingerprint density at radius 2 is 1.96 bits per heavy atom. The molecule has 0 fully saturated rings. The van der Waals surface area contributed by atoms with Gasteiger partial charge in [-0.2, -0.15) is 0 Å². The van der Waals surface area contributed by atoms with Crippen molar-refractivity contribution in [1.29, 1.82) is 0 Å². The van der Waals surface area contributed by atoms with Gasteiger partial charge < -0.3 is 20.5 Å². The highest BCUT2D eigenvalue weighted by atomic mass is 35.5. The Labute approximate surface area is 147 Å². The van der Waals surface area contributed by atoms with Crippen molar-refractivity contribution in [3.63, 3.8) is 0 Å². The Bertz CT molecular complexity index is 542. The highest BCUT2D eigenvalue weighted by molar-refractivity contribution is 6.41. The molecule has 0 saturated heterocycles. The Kier molecular flexibility index (Phi) is 8.87. The molecule has 0 aliphatic rings. The SMILES string of the molecule is CCCNC(=O)CCNC(=NCc1cc(Cl)c(Cl)n1C)NCC. The summed E-state index contributed by atoms with van der Waals surface area (Å²) in [6.07, 6.45) is 1.34. The van der Waals surface area contributed by atoms with E-state index in [1.54, 1.807) is 10.6 Å². The molecular weight excluding hydrogens is 337 g/mol.